The van der Waals surface area contributed by atoms with Gasteiger partial charge in [0, 0.05) is 17.1 Å². The van der Waals surface area contributed by atoms with Crippen molar-refractivity contribution < 1.29 is 24.2 Å². The molecular formula is C32H54O5S2. The summed E-state index contributed by atoms with van der Waals surface area (Å²) in [5.41, 5.74) is 2.54. The zero-order valence-corrected chi connectivity index (χ0v) is 26.9. The number of unbranched alkanes of at least 4 members (excludes halogenated alkanes) is 10. The SMILES string of the molecule is CCCCCCCCOC(=O)CSCc1cc(CSCC(=O)OCCCCCCCC)c(O)c(C(C)(C)C)c1. The monoisotopic (exact) mass is 582 g/mol. The van der Waals surface area contributed by atoms with Gasteiger partial charge in [-0.25, -0.2) is 0 Å². The van der Waals surface area contributed by atoms with E-state index in [1.54, 1.807) is 0 Å². The van der Waals surface area contributed by atoms with Crippen molar-refractivity contribution in [3.8, 4) is 5.75 Å². The maximum atomic E-state index is 12.2. The standard InChI is InChI=1S/C32H54O5S2/c1-6-8-10-12-14-16-18-36-29(33)24-38-22-26-20-27(31(35)28(21-26)32(3,4)5)23-39-25-30(34)37-19-17-15-13-11-9-7-2/h20-21,35H,6-19,22-25H2,1-5H3. The van der Waals surface area contributed by atoms with Gasteiger partial charge in [0.25, 0.3) is 0 Å². The second kappa shape index (κ2) is 21.4. The van der Waals surface area contributed by atoms with Crippen LogP contribution in [0, 0.1) is 0 Å². The van der Waals surface area contributed by atoms with Crippen molar-refractivity contribution in [3.63, 3.8) is 0 Å². The lowest BCUT2D eigenvalue weighted by molar-refractivity contribution is -0.141. The first-order chi connectivity index (χ1) is 18.7. The molecule has 0 aliphatic heterocycles. The summed E-state index contributed by atoms with van der Waals surface area (Å²) in [5.74, 6) is 1.70. The molecule has 0 aliphatic carbocycles. The fraction of sp³-hybridized carbons (Fsp3) is 0.750. The highest BCUT2D eigenvalue weighted by molar-refractivity contribution is 7.99. The lowest BCUT2D eigenvalue weighted by Crippen LogP contribution is -2.13. The molecule has 0 fully saturated rings. The van der Waals surface area contributed by atoms with Crippen LogP contribution in [-0.4, -0.2) is 41.8 Å². The summed E-state index contributed by atoms with van der Waals surface area (Å²) in [6, 6.07) is 4.03. The first-order valence-corrected chi connectivity index (χ1v) is 17.3. The lowest BCUT2D eigenvalue weighted by atomic mass is 9.84. The highest BCUT2D eigenvalue weighted by Crippen LogP contribution is 2.37. The number of thioether (sulfide) groups is 2. The van der Waals surface area contributed by atoms with Crippen molar-refractivity contribution in [2.24, 2.45) is 0 Å². The number of phenolic OH excluding ortho intramolecular Hbond substituents is 1. The van der Waals surface area contributed by atoms with Crippen LogP contribution in [0.3, 0.4) is 0 Å². The van der Waals surface area contributed by atoms with Gasteiger partial charge in [0.15, 0.2) is 0 Å². The predicted molar refractivity (Wildman–Crippen MR) is 168 cm³/mol. The van der Waals surface area contributed by atoms with Crippen molar-refractivity contribution in [1.82, 2.24) is 0 Å². The van der Waals surface area contributed by atoms with Crippen LogP contribution < -0.4 is 0 Å². The Morgan fingerprint density at radius 3 is 1.67 bits per heavy atom. The molecule has 224 valence electrons. The van der Waals surface area contributed by atoms with E-state index in [1.807, 2.05) is 12.1 Å². The second-order valence-electron chi connectivity index (χ2n) is 11.4. The summed E-state index contributed by atoms with van der Waals surface area (Å²) >= 11 is 2.99. The number of esters is 2. The third-order valence-corrected chi connectivity index (χ3v) is 8.48. The van der Waals surface area contributed by atoms with Gasteiger partial charge in [-0.2, -0.15) is 0 Å². The Labute approximate surface area is 247 Å². The average molecular weight is 583 g/mol. The Hall–Kier alpha value is -1.34. The van der Waals surface area contributed by atoms with Crippen molar-refractivity contribution in [3.05, 3.63) is 28.8 Å². The van der Waals surface area contributed by atoms with Gasteiger partial charge in [0.05, 0.1) is 24.7 Å². The topological polar surface area (TPSA) is 72.8 Å². The molecule has 0 saturated heterocycles. The summed E-state index contributed by atoms with van der Waals surface area (Å²) in [6.07, 6.45) is 14.0. The van der Waals surface area contributed by atoms with Gasteiger partial charge in [0.2, 0.25) is 0 Å². The molecule has 1 aromatic rings. The van der Waals surface area contributed by atoms with Gasteiger partial charge in [-0.05, 0) is 29.4 Å². The summed E-state index contributed by atoms with van der Waals surface area (Å²) in [4.78, 5) is 24.3. The molecule has 7 heteroatoms. The fourth-order valence-electron chi connectivity index (χ4n) is 4.24. The Morgan fingerprint density at radius 1 is 0.718 bits per heavy atom. The van der Waals surface area contributed by atoms with E-state index in [0.717, 1.165) is 42.4 Å². The quantitative estimate of drug-likeness (QED) is 0.108. The Bertz CT molecular complexity index is 820. The van der Waals surface area contributed by atoms with E-state index < -0.39 is 0 Å². The van der Waals surface area contributed by atoms with Crippen LogP contribution in [0.25, 0.3) is 0 Å². The van der Waals surface area contributed by atoms with Crippen molar-refractivity contribution in [2.75, 3.05) is 24.7 Å². The maximum absolute atomic E-state index is 12.2. The van der Waals surface area contributed by atoms with Crippen LogP contribution in [0.15, 0.2) is 12.1 Å². The number of carbonyl (C=O) groups is 2. The van der Waals surface area contributed by atoms with Crippen LogP contribution in [-0.2, 0) is 36.0 Å². The van der Waals surface area contributed by atoms with Crippen LogP contribution >= 0.6 is 23.5 Å². The summed E-state index contributed by atoms with van der Waals surface area (Å²) < 4.78 is 10.8. The van der Waals surface area contributed by atoms with Gasteiger partial charge >= 0.3 is 11.9 Å². The molecule has 0 spiro atoms. The summed E-state index contributed by atoms with van der Waals surface area (Å²) in [7, 11) is 0. The van der Waals surface area contributed by atoms with Gasteiger partial charge in [0.1, 0.15) is 5.75 Å². The number of hydrogen-bond donors (Lipinski definition) is 1. The molecule has 0 atom stereocenters. The molecule has 0 saturated carbocycles. The maximum Gasteiger partial charge on any atom is 0.315 e. The summed E-state index contributed by atoms with van der Waals surface area (Å²) in [5, 5.41) is 11.0. The van der Waals surface area contributed by atoms with Crippen LogP contribution in [0.2, 0.25) is 0 Å². The smallest absolute Gasteiger partial charge is 0.315 e. The average Bonchev–Trinajstić information content (AvgIpc) is 2.88. The molecule has 1 N–H and O–H groups in total. The van der Waals surface area contributed by atoms with Gasteiger partial charge < -0.3 is 14.6 Å². The van der Waals surface area contributed by atoms with E-state index in [4.69, 9.17) is 9.47 Å². The molecular weight excluding hydrogens is 528 g/mol. The Morgan fingerprint density at radius 2 is 1.18 bits per heavy atom. The van der Waals surface area contributed by atoms with E-state index in [-0.39, 0.29) is 23.1 Å². The number of benzene rings is 1. The molecule has 0 unspecified atom stereocenters. The number of aromatic hydroxyl groups is 1. The molecule has 5 nitrogen and oxygen atoms in total. The van der Waals surface area contributed by atoms with E-state index >= 15 is 0 Å². The number of ether oxygens (including phenoxy) is 2. The molecule has 0 radical (unpaired) electrons. The predicted octanol–water partition coefficient (Wildman–Crippen LogP) is 8.96. The van der Waals surface area contributed by atoms with Crippen molar-refractivity contribution in [1.29, 1.82) is 0 Å². The molecule has 39 heavy (non-hydrogen) atoms. The number of rotatable bonds is 22. The first kappa shape index (κ1) is 35.7. The van der Waals surface area contributed by atoms with E-state index in [2.05, 4.69) is 34.6 Å². The van der Waals surface area contributed by atoms with Gasteiger partial charge in [-0.15, -0.1) is 23.5 Å². The van der Waals surface area contributed by atoms with Gasteiger partial charge in [-0.3, -0.25) is 9.59 Å². The Kier molecular flexibility index (Phi) is 19.6. The normalized spacial score (nSPS) is 11.5. The molecule has 1 rings (SSSR count). The molecule has 0 bridgehead atoms. The van der Waals surface area contributed by atoms with Crippen LogP contribution in [0.1, 0.15) is 128 Å². The largest absolute Gasteiger partial charge is 0.507 e. The molecule has 0 aromatic heterocycles. The molecule has 0 aliphatic rings. The zero-order chi connectivity index (χ0) is 28.9. The van der Waals surface area contributed by atoms with Crippen molar-refractivity contribution >= 4 is 35.5 Å². The van der Waals surface area contributed by atoms with E-state index in [9.17, 15) is 14.7 Å². The highest BCUT2D eigenvalue weighted by Gasteiger charge is 2.22. The minimum absolute atomic E-state index is 0.168. The van der Waals surface area contributed by atoms with Gasteiger partial charge in [-0.1, -0.05) is 111 Å². The summed E-state index contributed by atoms with van der Waals surface area (Å²) in [6.45, 7) is 11.6. The first-order valence-electron chi connectivity index (χ1n) is 15.0. The minimum atomic E-state index is -0.226. The molecule has 1 aromatic carbocycles. The number of hydrogen-bond acceptors (Lipinski definition) is 7. The van der Waals surface area contributed by atoms with E-state index in [1.165, 1.54) is 74.9 Å². The minimum Gasteiger partial charge on any atom is -0.507 e. The van der Waals surface area contributed by atoms with Crippen molar-refractivity contribution in [2.45, 2.75) is 129 Å². The second-order valence-corrected chi connectivity index (χ2v) is 13.3. The Balaban J connectivity index is 2.49. The lowest BCUT2D eigenvalue weighted by Gasteiger charge is -2.23. The molecule has 0 heterocycles. The van der Waals surface area contributed by atoms with E-state index in [0.29, 0.717) is 36.2 Å². The van der Waals surface area contributed by atoms with Crippen LogP contribution in [0.4, 0.5) is 0 Å². The van der Waals surface area contributed by atoms with Crippen LogP contribution in [0.5, 0.6) is 5.75 Å². The fourth-order valence-corrected chi connectivity index (χ4v) is 5.79. The molecule has 0 amide bonds. The third kappa shape index (κ3) is 17.2. The number of phenols is 1. The highest BCUT2D eigenvalue weighted by atomic mass is 32.2. The third-order valence-electron chi connectivity index (χ3n) is 6.54. The number of carbonyl (C=O) groups excluding carboxylic acids is 2. The zero-order valence-electron chi connectivity index (χ0n) is 25.3.